The van der Waals surface area contributed by atoms with Gasteiger partial charge in [0.25, 0.3) is 0 Å². The van der Waals surface area contributed by atoms with Crippen LogP contribution in [0.3, 0.4) is 0 Å². The molecule has 0 radical (unpaired) electrons. The maximum Gasteiger partial charge on any atom is 0.249 e. The molecule has 0 heterocycles. The van der Waals surface area contributed by atoms with E-state index in [0.29, 0.717) is 12.8 Å². The van der Waals surface area contributed by atoms with E-state index < -0.39 is 36.9 Å². The Bertz CT molecular complexity index is 1020. The molecule has 0 aliphatic heterocycles. The molecular formula is C64H127NO5. The Hall–Kier alpha value is -0.950. The lowest BCUT2D eigenvalue weighted by Gasteiger charge is -2.27. The van der Waals surface area contributed by atoms with E-state index in [1.54, 1.807) is 0 Å². The summed E-state index contributed by atoms with van der Waals surface area (Å²) >= 11 is 0. The Morgan fingerprint density at radius 2 is 0.586 bits per heavy atom. The molecule has 6 heteroatoms. The van der Waals surface area contributed by atoms with Crippen molar-refractivity contribution in [2.45, 2.75) is 385 Å². The normalized spacial score (nSPS) is 13.6. The van der Waals surface area contributed by atoms with Crippen LogP contribution in [-0.2, 0) is 4.79 Å². The van der Waals surface area contributed by atoms with Gasteiger partial charge in [0.1, 0.15) is 12.2 Å². The summed E-state index contributed by atoms with van der Waals surface area (Å²) in [6, 6.07) is -0.999. The highest BCUT2D eigenvalue weighted by Gasteiger charge is 2.28. The van der Waals surface area contributed by atoms with E-state index in [1.165, 1.54) is 295 Å². The third kappa shape index (κ3) is 51.9. The molecular weight excluding hydrogens is 863 g/mol. The lowest BCUT2D eigenvalue weighted by Crippen LogP contribution is -2.53. The molecule has 0 fully saturated rings. The van der Waals surface area contributed by atoms with Gasteiger partial charge in [0.2, 0.25) is 5.91 Å². The molecule has 0 aliphatic rings. The summed E-state index contributed by atoms with van der Waals surface area (Å²) in [4.78, 5) is 12.6. The lowest BCUT2D eigenvalue weighted by molar-refractivity contribution is -0.132. The molecule has 6 nitrogen and oxygen atoms in total. The second-order valence-electron chi connectivity index (χ2n) is 22.5. The quantitative estimate of drug-likeness (QED) is 0.0308. The topological polar surface area (TPSA) is 110 Å². The summed E-state index contributed by atoms with van der Waals surface area (Å²) in [6.45, 7) is 4.10. The van der Waals surface area contributed by atoms with Gasteiger partial charge < -0.3 is 25.7 Å². The fourth-order valence-corrected chi connectivity index (χ4v) is 10.5. The Balaban J connectivity index is 3.56. The maximum atomic E-state index is 12.6. The van der Waals surface area contributed by atoms with Gasteiger partial charge in [-0.2, -0.15) is 0 Å². The predicted molar refractivity (Wildman–Crippen MR) is 307 cm³/mol. The summed E-state index contributed by atoms with van der Waals surface area (Å²) in [5.74, 6) is -0.585. The zero-order chi connectivity index (χ0) is 50.9. The van der Waals surface area contributed by atoms with Crippen LogP contribution in [0.5, 0.6) is 0 Å². The molecule has 0 spiro atoms. The molecule has 0 bridgehead atoms. The highest BCUT2D eigenvalue weighted by atomic mass is 16.3. The number of rotatable bonds is 60. The highest BCUT2D eigenvalue weighted by Crippen LogP contribution is 2.19. The van der Waals surface area contributed by atoms with Crippen LogP contribution >= 0.6 is 0 Å². The predicted octanol–water partition coefficient (Wildman–Crippen LogP) is 19.2. The summed E-state index contributed by atoms with van der Waals surface area (Å²) < 4.78 is 0. The van der Waals surface area contributed by atoms with Crippen molar-refractivity contribution < 1.29 is 25.2 Å². The number of amides is 1. The molecule has 0 aromatic heterocycles. The summed E-state index contributed by atoms with van der Waals surface area (Å²) in [5.41, 5.74) is 0. The molecule has 0 aromatic carbocycles. The van der Waals surface area contributed by atoms with Crippen LogP contribution in [-0.4, -0.2) is 57.3 Å². The van der Waals surface area contributed by atoms with Crippen LogP contribution in [0.4, 0.5) is 0 Å². The van der Waals surface area contributed by atoms with E-state index >= 15 is 0 Å². The maximum absolute atomic E-state index is 12.6. The zero-order valence-corrected chi connectivity index (χ0v) is 47.6. The minimum Gasteiger partial charge on any atom is -0.394 e. The number of hydrogen-bond acceptors (Lipinski definition) is 5. The van der Waals surface area contributed by atoms with Gasteiger partial charge >= 0.3 is 0 Å². The number of aliphatic hydroxyl groups excluding tert-OH is 4. The Morgan fingerprint density at radius 1 is 0.343 bits per heavy atom. The SMILES string of the molecule is CCCCCCCCCCCCCCCCCCCC/C=C/CCCC(O)C(O)C(CO)NC(=O)C(O)CCCCCCCCCCCCCCCCCCCCCCCCCCCCCCCCC. The van der Waals surface area contributed by atoms with Crippen molar-refractivity contribution in [3.05, 3.63) is 12.2 Å². The molecule has 5 N–H and O–H groups in total. The molecule has 0 saturated heterocycles. The molecule has 0 rings (SSSR count). The van der Waals surface area contributed by atoms with Gasteiger partial charge in [-0.05, 0) is 38.5 Å². The smallest absolute Gasteiger partial charge is 0.249 e. The first-order chi connectivity index (χ1) is 34.5. The van der Waals surface area contributed by atoms with Crippen molar-refractivity contribution in [1.29, 1.82) is 0 Å². The third-order valence-corrected chi connectivity index (χ3v) is 15.5. The average molecular weight is 991 g/mol. The van der Waals surface area contributed by atoms with Crippen LogP contribution in [0.25, 0.3) is 0 Å². The highest BCUT2D eigenvalue weighted by molar-refractivity contribution is 5.80. The van der Waals surface area contributed by atoms with Crippen LogP contribution in [0.15, 0.2) is 12.2 Å². The first kappa shape index (κ1) is 69.0. The standard InChI is InChI=1S/C64H127NO5/c1-3-5-7-9-11-13-15-17-19-21-23-25-27-28-29-30-31-32-33-34-36-38-40-42-44-46-48-50-52-54-56-58-62(68)64(70)65-60(59-66)63(69)61(67)57-55-53-51-49-47-45-43-41-39-37-35-26-24-22-20-18-16-14-12-10-8-6-4-2/h49,51,60-63,66-69H,3-48,50,52-59H2,1-2H3,(H,65,70)/b51-49+. The van der Waals surface area contributed by atoms with E-state index in [4.69, 9.17) is 0 Å². The second kappa shape index (κ2) is 58.9. The first-order valence-electron chi connectivity index (χ1n) is 32.1. The number of hydrogen-bond donors (Lipinski definition) is 5. The molecule has 0 aromatic rings. The number of nitrogens with one attached hydrogen (secondary N) is 1. The van der Waals surface area contributed by atoms with Gasteiger partial charge in [-0.3, -0.25) is 4.79 Å². The number of allylic oxidation sites excluding steroid dienone is 2. The average Bonchev–Trinajstić information content (AvgIpc) is 3.36. The fourth-order valence-electron chi connectivity index (χ4n) is 10.5. The molecule has 1 amide bonds. The largest absolute Gasteiger partial charge is 0.394 e. The first-order valence-corrected chi connectivity index (χ1v) is 32.1. The molecule has 0 aliphatic carbocycles. The van der Waals surface area contributed by atoms with Crippen molar-refractivity contribution in [3.63, 3.8) is 0 Å². The fraction of sp³-hybridized carbons (Fsp3) is 0.953. The number of carbonyl (C=O) groups excluding carboxylic acids is 1. The van der Waals surface area contributed by atoms with E-state index in [2.05, 4.69) is 31.3 Å². The third-order valence-electron chi connectivity index (χ3n) is 15.5. The molecule has 4 unspecified atom stereocenters. The van der Waals surface area contributed by atoms with Crippen molar-refractivity contribution in [2.75, 3.05) is 6.61 Å². The summed E-state index contributed by atoms with van der Waals surface area (Å²) in [5, 5.41) is 44.1. The van der Waals surface area contributed by atoms with E-state index in [-0.39, 0.29) is 0 Å². The van der Waals surface area contributed by atoms with Gasteiger partial charge in [0.15, 0.2) is 0 Å². The molecule has 0 saturated carbocycles. The number of aliphatic hydroxyl groups is 4. The van der Waals surface area contributed by atoms with Gasteiger partial charge in [0.05, 0.1) is 18.8 Å². The van der Waals surface area contributed by atoms with E-state index in [9.17, 15) is 25.2 Å². The van der Waals surface area contributed by atoms with Crippen LogP contribution in [0.2, 0.25) is 0 Å². The molecule has 70 heavy (non-hydrogen) atoms. The minimum atomic E-state index is -1.28. The Kier molecular flexibility index (Phi) is 58.1. The Labute approximate surface area is 438 Å². The van der Waals surface area contributed by atoms with Crippen molar-refractivity contribution in [3.8, 4) is 0 Å². The summed E-state index contributed by atoms with van der Waals surface area (Å²) in [6.07, 6.45) is 71.8. The summed E-state index contributed by atoms with van der Waals surface area (Å²) in [7, 11) is 0. The number of unbranched alkanes of at least 4 members (excludes halogenated alkanes) is 49. The second-order valence-corrected chi connectivity index (χ2v) is 22.5. The van der Waals surface area contributed by atoms with Gasteiger partial charge in [-0.1, -0.05) is 334 Å². The van der Waals surface area contributed by atoms with Crippen molar-refractivity contribution in [2.24, 2.45) is 0 Å². The van der Waals surface area contributed by atoms with Crippen molar-refractivity contribution >= 4 is 5.91 Å². The van der Waals surface area contributed by atoms with Gasteiger partial charge in [-0.25, -0.2) is 0 Å². The Morgan fingerprint density at radius 3 is 0.857 bits per heavy atom. The van der Waals surface area contributed by atoms with Crippen molar-refractivity contribution in [1.82, 2.24) is 5.32 Å². The minimum absolute atomic E-state index is 0.369. The van der Waals surface area contributed by atoms with E-state index in [0.717, 1.165) is 38.5 Å². The monoisotopic (exact) mass is 990 g/mol. The van der Waals surface area contributed by atoms with Gasteiger partial charge in [0, 0.05) is 0 Å². The molecule has 418 valence electrons. The van der Waals surface area contributed by atoms with Crippen LogP contribution in [0, 0.1) is 0 Å². The zero-order valence-electron chi connectivity index (χ0n) is 47.6. The van der Waals surface area contributed by atoms with Gasteiger partial charge in [-0.15, -0.1) is 0 Å². The van der Waals surface area contributed by atoms with Crippen LogP contribution < -0.4 is 5.32 Å². The number of carbonyl (C=O) groups is 1. The molecule has 4 atom stereocenters. The van der Waals surface area contributed by atoms with E-state index in [1.807, 2.05) is 0 Å². The lowest BCUT2D eigenvalue weighted by atomic mass is 10.00. The van der Waals surface area contributed by atoms with Crippen LogP contribution in [0.1, 0.15) is 361 Å².